The Morgan fingerprint density at radius 2 is 2.08 bits per heavy atom. The van der Waals surface area contributed by atoms with Crippen LogP contribution >= 0.6 is 11.3 Å². The Labute approximate surface area is 144 Å². The van der Waals surface area contributed by atoms with E-state index in [4.69, 9.17) is 0 Å². The number of nitrogens with zero attached hydrogens (tertiary/aromatic N) is 3. The Balaban J connectivity index is 1.78. The van der Waals surface area contributed by atoms with Gasteiger partial charge in [-0.3, -0.25) is 4.79 Å². The SMILES string of the molecule is CC1CC(=O)NCCN1c1ncnc2sc(-c3ccccc3)cc12. The Bertz CT molecular complexity index is 877. The van der Waals surface area contributed by atoms with Crippen LogP contribution in [0.4, 0.5) is 5.82 Å². The lowest BCUT2D eigenvalue weighted by Crippen LogP contribution is -2.35. The third kappa shape index (κ3) is 2.73. The van der Waals surface area contributed by atoms with Crippen molar-refractivity contribution in [2.24, 2.45) is 0 Å². The monoisotopic (exact) mass is 338 g/mol. The molecule has 0 radical (unpaired) electrons. The van der Waals surface area contributed by atoms with Gasteiger partial charge in [-0.2, -0.15) is 0 Å². The van der Waals surface area contributed by atoms with Crippen LogP contribution in [0.25, 0.3) is 20.7 Å². The number of rotatable bonds is 2. The van der Waals surface area contributed by atoms with Gasteiger partial charge in [0.2, 0.25) is 5.91 Å². The topological polar surface area (TPSA) is 58.1 Å². The number of hydrogen-bond acceptors (Lipinski definition) is 5. The van der Waals surface area contributed by atoms with Gasteiger partial charge in [0.15, 0.2) is 0 Å². The second-order valence-corrected chi connectivity index (χ2v) is 7.02. The first-order valence-corrected chi connectivity index (χ1v) is 8.87. The highest BCUT2D eigenvalue weighted by Gasteiger charge is 2.24. The standard InChI is InChI=1S/C18H18N4OS/c1-12-9-16(23)19-7-8-22(12)17-14-10-15(13-5-3-2-4-6-13)24-18(14)21-11-20-17/h2-6,10-12H,7-9H2,1H3,(H,19,23). The summed E-state index contributed by atoms with van der Waals surface area (Å²) >= 11 is 1.68. The first kappa shape index (κ1) is 15.1. The highest BCUT2D eigenvalue weighted by molar-refractivity contribution is 7.21. The zero-order chi connectivity index (χ0) is 16.5. The van der Waals surface area contributed by atoms with E-state index in [0.29, 0.717) is 13.0 Å². The molecule has 0 saturated carbocycles. The minimum Gasteiger partial charge on any atom is -0.354 e. The zero-order valence-corrected chi connectivity index (χ0v) is 14.2. The summed E-state index contributed by atoms with van der Waals surface area (Å²) in [5.74, 6) is 1.02. The minimum atomic E-state index is 0.102. The number of carbonyl (C=O) groups excluding carboxylic acids is 1. The fourth-order valence-electron chi connectivity index (χ4n) is 3.12. The number of nitrogens with one attached hydrogen (secondary N) is 1. The molecule has 1 aliphatic rings. The van der Waals surface area contributed by atoms with Crippen LogP contribution in [0.2, 0.25) is 0 Å². The molecule has 1 saturated heterocycles. The quantitative estimate of drug-likeness (QED) is 0.780. The smallest absolute Gasteiger partial charge is 0.222 e. The number of aromatic nitrogens is 2. The number of hydrogen-bond donors (Lipinski definition) is 1. The maximum Gasteiger partial charge on any atom is 0.222 e. The van der Waals surface area contributed by atoms with Crippen molar-refractivity contribution < 1.29 is 4.79 Å². The van der Waals surface area contributed by atoms with Gasteiger partial charge in [-0.25, -0.2) is 9.97 Å². The van der Waals surface area contributed by atoms with Crippen LogP contribution < -0.4 is 10.2 Å². The Kier molecular flexibility index (Phi) is 3.90. The molecule has 1 N–H and O–H groups in total. The average Bonchev–Trinajstić information content (AvgIpc) is 2.96. The summed E-state index contributed by atoms with van der Waals surface area (Å²) in [5.41, 5.74) is 1.19. The summed E-state index contributed by atoms with van der Waals surface area (Å²) in [6.07, 6.45) is 2.11. The number of anilines is 1. The fourth-order valence-corrected chi connectivity index (χ4v) is 4.12. The zero-order valence-electron chi connectivity index (χ0n) is 13.4. The van der Waals surface area contributed by atoms with E-state index in [1.807, 2.05) is 18.2 Å². The highest BCUT2D eigenvalue weighted by Crippen LogP contribution is 2.36. The predicted octanol–water partition coefficient (Wildman–Crippen LogP) is 3.07. The third-order valence-corrected chi connectivity index (χ3v) is 5.42. The van der Waals surface area contributed by atoms with Gasteiger partial charge in [-0.05, 0) is 18.6 Å². The van der Waals surface area contributed by atoms with Crippen molar-refractivity contribution in [2.45, 2.75) is 19.4 Å². The van der Waals surface area contributed by atoms with E-state index in [1.165, 1.54) is 10.4 Å². The van der Waals surface area contributed by atoms with Crippen LogP contribution in [0.1, 0.15) is 13.3 Å². The molecule has 0 aliphatic carbocycles. The lowest BCUT2D eigenvalue weighted by atomic mass is 10.1. The lowest BCUT2D eigenvalue weighted by Gasteiger charge is -2.27. The molecule has 1 aromatic carbocycles. The van der Waals surface area contributed by atoms with Crippen LogP contribution in [0, 0.1) is 0 Å². The number of benzene rings is 1. The van der Waals surface area contributed by atoms with Crippen LogP contribution in [0.3, 0.4) is 0 Å². The van der Waals surface area contributed by atoms with Crippen LogP contribution in [0.15, 0.2) is 42.7 Å². The summed E-state index contributed by atoms with van der Waals surface area (Å²) in [4.78, 5) is 25.1. The van der Waals surface area contributed by atoms with E-state index in [2.05, 4.69) is 45.3 Å². The molecule has 3 heterocycles. The molecule has 1 amide bonds. The van der Waals surface area contributed by atoms with E-state index >= 15 is 0 Å². The Morgan fingerprint density at radius 1 is 1.25 bits per heavy atom. The van der Waals surface area contributed by atoms with Crippen molar-refractivity contribution in [2.75, 3.05) is 18.0 Å². The molecule has 4 rings (SSSR count). The molecule has 0 spiro atoms. The number of fused-ring (bicyclic) bond motifs is 1. The average molecular weight is 338 g/mol. The van der Waals surface area contributed by atoms with Crippen molar-refractivity contribution in [3.63, 3.8) is 0 Å². The molecule has 0 bridgehead atoms. The summed E-state index contributed by atoms with van der Waals surface area (Å²) in [6.45, 7) is 3.48. The molecule has 5 nitrogen and oxygen atoms in total. The second kappa shape index (κ2) is 6.20. The van der Waals surface area contributed by atoms with E-state index in [9.17, 15) is 4.79 Å². The predicted molar refractivity (Wildman–Crippen MR) is 97.3 cm³/mol. The van der Waals surface area contributed by atoms with Gasteiger partial charge in [0.1, 0.15) is 17.0 Å². The second-order valence-electron chi connectivity index (χ2n) is 5.99. The number of carbonyl (C=O) groups is 1. The van der Waals surface area contributed by atoms with Gasteiger partial charge >= 0.3 is 0 Å². The first-order valence-electron chi connectivity index (χ1n) is 8.05. The third-order valence-electron chi connectivity index (χ3n) is 4.33. The maximum absolute atomic E-state index is 11.8. The van der Waals surface area contributed by atoms with E-state index in [0.717, 1.165) is 22.6 Å². The van der Waals surface area contributed by atoms with Crippen molar-refractivity contribution in [3.05, 3.63) is 42.7 Å². The Morgan fingerprint density at radius 3 is 2.92 bits per heavy atom. The molecule has 1 fully saturated rings. The van der Waals surface area contributed by atoms with Crippen LogP contribution in [-0.2, 0) is 4.79 Å². The van der Waals surface area contributed by atoms with Gasteiger partial charge in [0.05, 0.1) is 5.39 Å². The summed E-state index contributed by atoms with van der Waals surface area (Å²) in [7, 11) is 0. The van der Waals surface area contributed by atoms with Gasteiger partial charge in [-0.1, -0.05) is 30.3 Å². The molecule has 1 aliphatic heterocycles. The largest absolute Gasteiger partial charge is 0.354 e. The molecule has 2 aromatic heterocycles. The summed E-state index contributed by atoms with van der Waals surface area (Å²) in [5, 5.41) is 3.99. The van der Waals surface area contributed by atoms with Crippen molar-refractivity contribution in [3.8, 4) is 10.4 Å². The Hall–Kier alpha value is -2.47. The molecule has 1 atom stereocenters. The molecule has 3 aromatic rings. The fraction of sp³-hybridized carbons (Fsp3) is 0.278. The van der Waals surface area contributed by atoms with Gasteiger partial charge in [0, 0.05) is 30.4 Å². The van der Waals surface area contributed by atoms with E-state index in [1.54, 1.807) is 17.7 Å². The van der Waals surface area contributed by atoms with Crippen molar-refractivity contribution in [1.29, 1.82) is 0 Å². The summed E-state index contributed by atoms with van der Waals surface area (Å²) < 4.78 is 0. The normalized spacial score (nSPS) is 18.5. The lowest BCUT2D eigenvalue weighted by molar-refractivity contribution is -0.120. The maximum atomic E-state index is 11.8. The van der Waals surface area contributed by atoms with Crippen molar-refractivity contribution >= 4 is 33.3 Å². The molecule has 122 valence electrons. The van der Waals surface area contributed by atoms with Gasteiger partial charge < -0.3 is 10.2 Å². The molecule has 1 unspecified atom stereocenters. The first-order chi connectivity index (χ1) is 11.7. The van der Waals surface area contributed by atoms with Gasteiger partial charge in [-0.15, -0.1) is 11.3 Å². The van der Waals surface area contributed by atoms with E-state index in [-0.39, 0.29) is 11.9 Å². The molecular formula is C18H18N4OS. The molecular weight excluding hydrogens is 320 g/mol. The number of amides is 1. The van der Waals surface area contributed by atoms with Crippen LogP contribution in [0.5, 0.6) is 0 Å². The minimum absolute atomic E-state index is 0.102. The molecule has 24 heavy (non-hydrogen) atoms. The van der Waals surface area contributed by atoms with E-state index < -0.39 is 0 Å². The molecule has 6 heteroatoms. The van der Waals surface area contributed by atoms with Crippen LogP contribution in [-0.4, -0.2) is 35.0 Å². The number of thiophene rings is 1. The van der Waals surface area contributed by atoms with Crippen molar-refractivity contribution in [1.82, 2.24) is 15.3 Å². The van der Waals surface area contributed by atoms with Gasteiger partial charge in [0.25, 0.3) is 0 Å². The highest BCUT2D eigenvalue weighted by atomic mass is 32.1. The summed E-state index contributed by atoms with van der Waals surface area (Å²) in [6, 6.07) is 12.6.